The van der Waals surface area contributed by atoms with Crippen molar-refractivity contribution in [3.05, 3.63) is 72.0 Å². The predicted molar refractivity (Wildman–Crippen MR) is 108 cm³/mol. The molecule has 4 rings (SSSR count). The highest BCUT2D eigenvalue weighted by Gasteiger charge is 2.27. The summed E-state index contributed by atoms with van der Waals surface area (Å²) in [5.74, 6) is -0.857. The predicted octanol–water partition coefficient (Wildman–Crippen LogP) is 3.23. The molecule has 7 nitrogen and oxygen atoms in total. The van der Waals surface area contributed by atoms with Gasteiger partial charge in [0.25, 0.3) is 5.91 Å². The molecule has 0 spiro atoms. The number of hydrogen-bond acceptors (Lipinski definition) is 6. The molecule has 0 bridgehead atoms. The van der Waals surface area contributed by atoms with E-state index in [1.54, 1.807) is 41.3 Å². The van der Waals surface area contributed by atoms with Crippen molar-refractivity contribution in [2.45, 2.75) is 0 Å². The van der Waals surface area contributed by atoms with E-state index >= 15 is 0 Å². The molecule has 3 aromatic rings. The third-order valence-electron chi connectivity index (χ3n) is 5.11. The van der Waals surface area contributed by atoms with E-state index < -0.39 is 5.97 Å². The number of piperazine rings is 1. The molecule has 2 heterocycles. The Morgan fingerprint density at radius 2 is 1.73 bits per heavy atom. The van der Waals surface area contributed by atoms with E-state index in [9.17, 15) is 14.0 Å². The quantitative estimate of drug-likeness (QED) is 0.616. The van der Waals surface area contributed by atoms with Gasteiger partial charge in [-0.2, -0.15) is 0 Å². The van der Waals surface area contributed by atoms with E-state index in [4.69, 9.17) is 9.15 Å². The zero-order valence-electron chi connectivity index (χ0n) is 16.4. The average Bonchev–Trinajstić information content (AvgIpc) is 3.28. The molecule has 1 aromatic heterocycles. The van der Waals surface area contributed by atoms with Crippen molar-refractivity contribution in [1.29, 1.82) is 0 Å². The molecule has 0 aliphatic carbocycles. The summed E-state index contributed by atoms with van der Waals surface area (Å²) in [6, 6.07) is 13.3. The second kappa shape index (κ2) is 8.36. The van der Waals surface area contributed by atoms with Gasteiger partial charge in [0.05, 0.1) is 12.7 Å². The van der Waals surface area contributed by atoms with E-state index in [0.29, 0.717) is 37.3 Å². The fourth-order valence-electron chi connectivity index (χ4n) is 3.54. The molecule has 1 saturated heterocycles. The number of benzene rings is 2. The average molecular weight is 409 g/mol. The Morgan fingerprint density at radius 1 is 1.03 bits per heavy atom. The second-order valence-electron chi connectivity index (χ2n) is 6.82. The first kappa shape index (κ1) is 19.6. The fourth-order valence-corrected chi connectivity index (χ4v) is 3.54. The lowest BCUT2D eigenvalue weighted by Gasteiger charge is -2.36. The van der Waals surface area contributed by atoms with E-state index in [-0.39, 0.29) is 23.2 Å². The summed E-state index contributed by atoms with van der Waals surface area (Å²) in [5.41, 5.74) is 1.86. The van der Waals surface area contributed by atoms with Gasteiger partial charge in [-0.05, 0) is 30.3 Å². The van der Waals surface area contributed by atoms with Crippen LogP contribution < -0.4 is 4.90 Å². The summed E-state index contributed by atoms with van der Waals surface area (Å²) in [7, 11) is 1.26. The topological polar surface area (TPSA) is 75.9 Å². The Labute approximate surface area is 172 Å². The lowest BCUT2D eigenvalue weighted by molar-refractivity contribution is 0.0594. The number of rotatable bonds is 4. The molecule has 1 aliphatic heterocycles. The zero-order chi connectivity index (χ0) is 21.1. The number of amides is 1. The summed E-state index contributed by atoms with van der Waals surface area (Å²) in [4.78, 5) is 33.0. The van der Waals surface area contributed by atoms with Gasteiger partial charge >= 0.3 is 5.97 Å². The van der Waals surface area contributed by atoms with Crippen molar-refractivity contribution in [3.8, 4) is 11.3 Å². The third kappa shape index (κ3) is 3.76. The number of methoxy groups -OCH3 is 1. The molecule has 0 N–H and O–H groups in total. The molecule has 0 radical (unpaired) electrons. The number of aromatic nitrogens is 1. The smallest absolute Gasteiger partial charge is 0.360 e. The van der Waals surface area contributed by atoms with Gasteiger partial charge in [-0.3, -0.25) is 4.79 Å². The van der Waals surface area contributed by atoms with Gasteiger partial charge in [0, 0.05) is 37.4 Å². The van der Waals surface area contributed by atoms with Gasteiger partial charge in [0.1, 0.15) is 5.82 Å². The van der Waals surface area contributed by atoms with Crippen molar-refractivity contribution < 1.29 is 23.1 Å². The first-order valence-electron chi connectivity index (χ1n) is 9.49. The van der Waals surface area contributed by atoms with Crippen LogP contribution in [0.1, 0.15) is 20.8 Å². The summed E-state index contributed by atoms with van der Waals surface area (Å²) >= 11 is 0. The summed E-state index contributed by atoms with van der Waals surface area (Å²) in [6.45, 7) is 2.31. The van der Waals surface area contributed by atoms with E-state index in [0.717, 1.165) is 12.1 Å². The van der Waals surface area contributed by atoms with Crippen molar-refractivity contribution in [3.63, 3.8) is 0 Å². The standard InChI is InChI=1S/C22H20FN3O4/c1-29-22(28)19-20(30-14-24-19)17-4-2-3-5-18(17)21(27)26-12-10-25(11-13-26)16-8-6-15(23)7-9-16/h2-9,14H,10-13H2,1H3. The van der Waals surface area contributed by atoms with E-state index in [1.165, 1.54) is 19.2 Å². The normalized spacial score (nSPS) is 13.9. The molecule has 8 heteroatoms. The van der Waals surface area contributed by atoms with Gasteiger partial charge in [-0.25, -0.2) is 14.2 Å². The largest absolute Gasteiger partial charge is 0.464 e. The SMILES string of the molecule is COC(=O)c1ncoc1-c1ccccc1C(=O)N1CCN(c2ccc(F)cc2)CC1. The van der Waals surface area contributed by atoms with Gasteiger partial charge in [0.15, 0.2) is 17.8 Å². The maximum Gasteiger partial charge on any atom is 0.360 e. The van der Waals surface area contributed by atoms with Crippen LogP contribution in [0.25, 0.3) is 11.3 Å². The van der Waals surface area contributed by atoms with Crippen LogP contribution in [0, 0.1) is 5.82 Å². The number of esters is 1. The number of carbonyl (C=O) groups excluding carboxylic acids is 2. The summed E-state index contributed by atoms with van der Waals surface area (Å²) in [6.07, 6.45) is 1.16. The molecule has 30 heavy (non-hydrogen) atoms. The third-order valence-corrected chi connectivity index (χ3v) is 5.11. The highest BCUT2D eigenvalue weighted by molar-refractivity contribution is 6.03. The zero-order valence-corrected chi connectivity index (χ0v) is 16.4. The molecule has 154 valence electrons. The highest BCUT2D eigenvalue weighted by atomic mass is 19.1. The molecule has 1 fully saturated rings. The van der Waals surface area contributed by atoms with Crippen LogP contribution in [0.4, 0.5) is 10.1 Å². The number of nitrogens with zero attached hydrogens (tertiary/aromatic N) is 3. The number of carbonyl (C=O) groups is 2. The molecular formula is C22H20FN3O4. The van der Waals surface area contributed by atoms with Crippen LogP contribution in [0.5, 0.6) is 0 Å². The van der Waals surface area contributed by atoms with Crippen LogP contribution in [0.3, 0.4) is 0 Å². The Balaban J connectivity index is 1.53. The van der Waals surface area contributed by atoms with Gasteiger partial charge in [-0.15, -0.1) is 0 Å². The molecule has 0 unspecified atom stereocenters. The van der Waals surface area contributed by atoms with Crippen molar-refractivity contribution in [2.75, 3.05) is 38.2 Å². The van der Waals surface area contributed by atoms with Gasteiger partial charge in [0.2, 0.25) is 0 Å². The first-order chi connectivity index (χ1) is 14.6. The molecular weight excluding hydrogens is 389 g/mol. The van der Waals surface area contributed by atoms with Crippen molar-refractivity contribution >= 4 is 17.6 Å². The maximum atomic E-state index is 13.2. The molecule has 1 aliphatic rings. The van der Waals surface area contributed by atoms with Crippen molar-refractivity contribution in [1.82, 2.24) is 9.88 Å². The van der Waals surface area contributed by atoms with Crippen LogP contribution in [-0.4, -0.2) is 55.0 Å². The second-order valence-corrected chi connectivity index (χ2v) is 6.82. The highest BCUT2D eigenvalue weighted by Crippen LogP contribution is 2.28. The summed E-state index contributed by atoms with van der Waals surface area (Å²) in [5, 5.41) is 0. The minimum atomic E-state index is -0.631. The Kier molecular flexibility index (Phi) is 5.47. The Hall–Kier alpha value is -3.68. The Bertz CT molecular complexity index is 1060. The number of halogens is 1. The molecule has 1 amide bonds. The molecule has 0 atom stereocenters. The van der Waals surface area contributed by atoms with Crippen LogP contribution in [-0.2, 0) is 4.74 Å². The Morgan fingerprint density at radius 3 is 2.43 bits per heavy atom. The van der Waals surface area contributed by atoms with Crippen LogP contribution >= 0.6 is 0 Å². The number of ether oxygens (including phenoxy) is 1. The molecule has 0 saturated carbocycles. The minimum Gasteiger partial charge on any atom is -0.464 e. The van der Waals surface area contributed by atoms with E-state index in [2.05, 4.69) is 9.88 Å². The number of anilines is 1. The van der Waals surface area contributed by atoms with Crippen LogP contribution in [0.2, 0.25) is 0 Å². The maximum absolute atomic E-state index is 13.2. The van der Waals surface area contributed by atoms with E-state index in [1.807, 2.05) is 0 Å². The van der Waals surface area contributed by atoms with Gasteiger partial charge < -0.3 is 19.0 Å². The monoisotopic (exact) mass is 409 g/mol. The molecule has 2 aromatic carbocycles. The fraction of sp³-hybridized carbons (Fsp3) is 0.227. The first-order valence-corrected chi connectivity index (χ1v) is 9.49. The minimum absolute atomic E-state index is 0.0267. The number of oxazole rings is 1. The summed E-state index contributed by atoms with van der Waals surface area (Å²) < 4.78 is 23.3. The van der Waals surface area contributed by atoms with Crippen molar-refractivity contribution in [2.24, 2.45) is 0 Å². The lowest BCUT2D eigenvalue weighted by Crippen LogP contribution is -2.48. The number of hydrogen-bond donors (Lipinski definition) is 0. The van der Waals surface area contributed by atoms with Crippen LogP contribution in [0.15, 0.2) is 59.3 Å². The van der Waals surface area contributed by atoms with Gasteiger partial charge in [-0.1, -0.05) is 18.2 Å². The lowest BCUT2D eigenvalue weighted by atomic mass is 10.0.